The predicted molar refractivity (Wildman–Crippen MR) is 99.6 cm³/mol. The van der Waals surface area contributed by atoms with Crippen molar-refractivity contribution in [2.24, 2.45) is 0 Å². The summed E-state index contributed by atoms with van der Waals surface area (Å²) in [6.45, 7) is 0.510. The third-order valence-corrected chi connectivity index (χ3v) is 4.56. The molecule has 0 unspecified atom stereocenters. The Bertz CT molecular complexity index is 768. The first-order valence-corrected chi connectivity index (χ1v) is 8.62. The van der Waals surface area contributed by atoms with E-state index in [0.29, 0.717) is 6.61 Å². The van der Waals surface area contributed by atoms with Gasteiger partial charge in [0.25, 0.3) is 5.69 Å². The van der Waals surface area contributed by atoms with Gasteiger partial charge in [-0.25, -0.2) is 0 Å². The Kier molecular flexibility index (Phi) is 5.82. The fourth-order valence-corrected chi connectivity index (χ4v) is 3.14. The van der Waals surface area contributed by atoms with E-state index in [1.54, 1.807) is 12.1 Å². The van der Waals surface area contributed by atoms with E-state index in [9.17, 15) is 10.1 Å². The second-order valence-corrected chi connectivity index (χ2v) is 6.37. The maximum absolute atomic E-state index is 10.7. The van der Waals surface area contributed by atoms with E-state index >= 15 is 0 Å². The minimum atomic E-state index is -0.407. The summed E-state index contributed by atoms with van der Waals surface area (Å²) < 4.78 is 5.84. The van der Waals surface area contributed by atoms with Crippen molar-refractivity contribution in [3.8, 4) is 0 Å². The molecule has 0 fully saturated rings. The van der Waals surface area contributed by atoms with E-state index in [0.717, 1.165) is 4.90 Å². The fourth-order valence-electron chi connectivity index (χ4n) is 2.55. The van der Waals surface area contributed by atoms with Gasteiger partial charge in [-0.3, -0.25) is 10.1 Å². The summed E-state index contributed by atoms with van der Waals surface area (Å²) in [5.74, 6) is 0.132. The molecule has 3 aromatic rings. The molecule has 5 heteroatoms. The van der Waals surface area contributed by atoms with Gasteiger partial charge in [0.2, 0.25) is 0 Å². The van der Waals surface area contributed by atoms with E-state index < -0.39 is 4.92 Å². The quantitative estimate of drug-likeness (QED) is 0.323. The van der Waals surface area contributed by atoms with Crippen LogP contribution in [0.2, 0.25) is 0 Å². The lowest BCUT2D eigenvalue weighted by Gasteiger charge is -2.17. The Hall–Kier alpha value is -2.63. The Morgan fingerprint density at radius 3 is 1.84 bits per heavy atom. The topological polar surface area (TPSA) is 52.4 Å². The van der Waals surface area contributed by atoms with Crippen LogP contribution >= 0.6 is 12.0 Å². The summed E-state index contributed by atoms with van der Waals surface area (Å²) in [7, 11) is 0. The van der Waals surface area contributed by atoms with Crippen LogP contribution in [0, 0.1) is 10.1 Å². The molecule has 0 bridgehead atoms. The van der Waals surface area contributed by atoms with Gasteiger partial charge < -0.3 is 4.18 Å². The van der Waals surface area contributed by atoms with Crippen LogP contribution in [0.15, 0.2) is 89.8 Å². The predicted octanol–water partition coefficient (Wildman–Crippen LogP) is 5.45. The molecule has 3 aromatic carbocycles. The minimum Gasteiger partial charge on any atom is -0.309 e. The molecule has 0 aliphatic rings. The van der Waals surface area contributed by atoms with Gasteiger partial charge in [-0.15, -0.1) is 0 Å². The molecular formula is C20H17NO3S. The molecule has 0 saturated heterocycles. The third-order valence-electron chi connectivity index (χ3n) is 3.84. The molecule has 0 spiro atoms. The molecule has 0 aliphatic heterocycles. The summed E-state index contributed by atoms with van der Waals surface area (Å²) in [5, 5.41) is 10.7. The Morgan fingerprint density at radius 1 is 0.840 bits per heavy atom. The molecule has 126 valence electrons. The maximum atomic E-state index is 10.7. The van der Waals surface area contributed by atoms with Crippen molar-refractivity contribution < 1.29 is 9.11 Å². The molecule has 3 rings (SSSR count). The van der Waals surface area contributed by atoms with Crippen molar-refractivity contribution in [2.45, 2.75) is 10.8 Å². The van der Waals surface area contributed by atoms with Crippen molar-refractivity contribution >= 4 is 17.7 Å². The highest BCUT2D eigenvalue weighted by Gasteiger charge is 2.14. The monoisotopic (exact) mass is 351 g/mol. The Morgan fingerprint density at radius 2 is 1.36 bits per heavy atom. The van der Waals surface area contributed by atoms with Crippen molar-refractivity contribution in [2.75, 3.05) is 6.61 Å². The highest BCUT2D eigenvalue weighted by molar-refractivity contribution is 7.94. The number of rotatable bonds is 7. The van der Waals surface area contributed by atoms with Gasteiger partial charge in [0, 0.05) is 35.0 Å². The van der Waals surface area contributed by atoms with Crippen molar-refractivity contribution in [3.05, 3.63) is 106 Å². The molecule has 0 amide bonds. The highest BCUT2D eigenvalue weighted by Crippen LogP contribution is 2.29. The van der Waals surface area contributed by atoms with E-state index in [1.807, 2.05) is 36.4 Å². The van der Waals surface area contributed by atoms with Gasteiger partial charge >= 0.3 is 0 Å². The van der Waals surface area contributed by atoms with Crippen LogP contribution in [0.1, 0.15) is 17.0 Å². The first-order valence-electron chi connectivity index (χ1n) is 7.88. The minimum absolute atomic E-state index is 0.0794. The molecule has 25 heavy (non-hydrogen) atoms. The van der Waals surface area contributed by atoms with Crippen LogP contribution in [0.4, 0.5) is 5.69 Å². The average molecular weight is 351 g/mol. The molecule has 0 aliphatic carbocycles. The molecule has 0 atom stereocenters. The van der Waals surface area contributed by atoms with Crippen LogP contribution in [0.25, 0.3) is 0 Å². The summed E-state index contributed by atoms with van der Waals surface area (Å²) in [4.78, 5) is 11.1. The van der Waals surface area contributed by atoms with Crippen molar-refractivity contribution in [1.29, 1.82) is 0 Å². The van der Waals surface area contributed by atoms with E-state index in [1.165, 1.54) is 35.3 Å². The lowest BCUT2D eigenvalue weighted by molar-refractivity contribution is -0.384. The molecule has 4 nitrogen and oxygen atoms in total. The Balaban J connectivity index is 1.68. The second kappa shape index (κ2) is 8.46. The number of hydrogen-bond donors (Lipinski definition) is 0. The van der Waals surface area contributed by atoms with E-state index in [2.05, 4.69) is 24.3 Å². The number of nitro benzene ring substituents is 1. The summed E-state index contributed by atoms with van der Waals surface area (Å²) in [5.41, 5.74) is 2.46. The van der Waals surface area contributed by atoms with Gasteiger partial charge in [0.1, 0.15) is 0 Å². The number of hydrogen-bond acceptors (Lipinski definition) is 4. The number of nitro groups is 1. The highest BCUT2D eigenvalue weighted by atomic mass is 32.2. The normalized spacial score (nSPS) is 10.8. The molecule has 0 radical (unpaired) electrons. The number of benzene rings is 3. The number of non-ortho nitro benzene ring substituents is 1. The van der Waals surface area contributed by atoms with Gasteiger partial charge in [-0.05, 0) is 23.3 Å². The van der Waals surface area contributed by atoms with Gasteiger partial charge in [-0.1, -0.05) is 60.7 Å². The van der Waals surface area contributed by atoms with E-state index in [4.69, 9.17) is 4.18 Å². The van der Waals surface area contributed by atoms with Crippen LogP contribution in [-0.2, 0) is 4.18 Å². The first kappa shape index (κ1) is 17.2. The lowest BCUT2D eigenvalue weighted by Crippen LogP contribution is -2.07. The van der Waals surface area contributed by atoms with Crippen molar-refractivity contribution in [3.63, 3.8) is 0 Å². The zero-order valence-corrected chi connectivity index (χ0v) is 14.3. The SMILES string of the molecule is O=[N+]([O-])c1ccc(SOCC(c2ccccc2)c2ccccc2)cc1. The van der Waals surface area contributed by atoms with Crippen molar-refractivity contribution in [1.82, 2.24) is 0 Å². The van der Waals surface area contributed by atoms with E-state index in [-0.39, 0.29) is 11.6 Å². The van der Waals surface area contributed by atoms with Crippen LogP contribution < -0.4 is 0 Å². The zero-order valence-electron chi connectivity index (χ0n) is 13.4. The standard InChI is InChI=1S/C20H17NO3S/c22-21(23)18-11-13-19(14-12-18)25-24-15-20(16-7-3-1-4-8-16)17-9-5-2-6-10-17/h1-14,20H,15H2. The molecule has 0 N–H and O–H groups in total. The lowest BCUT2D eigenvalue weighted by atomic mass is 9.92. The van der Waals surface area contributed by atoms with Gasteiger partial charge in [-0.2, -0.15) is 0 Å². The Labute approximate surface area is 150 Å². The molecule has 0 saturated carbocycles. The summed E-state index contributed by atoms with van der Waals surface area (Å²) in [6, 6.07) is 26.8. The third kappa shape index (κ3) is 4.68. The van der Waals surface area contributed by atoms with Crippen LogP contribution in [0.3, 0.4) is 0 Å². The van der Waals surface area contributed by atoms with Gasteiger partial charge in [0.05, 0.1) is 11.5 Å². The molecular weight excluding hydrogens is 334 g/mol. The van der Waals surface area contributed by atoms with Crippen LogP contribution in [-0.4, -0.2) is 11.5 Å². The summed E-state index contributed by atoms with van der Waals surface area (Å²) >= 11 is 1.24. The largest absolute Gasteiger partial charge is 0.309 e. The maximum Gasteiger partial charge on any atom is 0.269 e. The van der Waals surface area contributed by atoms with Gasteiger partial charge in [0.15, 0.2) is 0 Å². The fraction of sp³-hybridized carbons (Fsp3) is 0.100. The smallest absolute Gasteiger partial charge is 0.269 e. The molecule has 0 heterocycles. The summed E-state index contributed by atoms with van der Waals surface area (Å²) in [6.07, 6.45) is 0. The first-order chi connectivity index (χ1) is 12.2. The average Bonchev–Trinajstić information content (AvgIpc) is 2.67. The number of nitrogens with zero attached hydrogens (tertiary/aromatic N) is 1. The second-order valence-electron chi connectivity index (χ2n) is 5.49. The zero-order chi connectivity index (χ0) is 17.5. The van der Waals surface area contributed by atoms with Crippen LogP contribution in [0.5, 0.6) is 0 Å². The molecule has 0 aromatic heterocycles.